The molecule has 1 atom stereocenters. The molecule has 0 saturated carbocycles. The second-order valence-corrected chi connectivity index (χ2v) is 7.41. The third kappa shape index (κ3) is 5.12. The normalized spacial score (nSPS) is 16.7. The van der Waals surface area contributed by atoms with Crippen molar-refractivity contribution in [2.75, 3.05) is 13.1 Å². The Morgan fingerprint density at radius 2 is 2.04 bits per heavy atom. The van der Waals surface area contributed by atoms with Crippen molar-refractivity contribution >= 4 is 0 Å². The second kappa shape index (κ2) is 9.24. The first-order valence-corrected chi connectivity index (χ1v) is 9.79. The molecule has 4 heteroatoms. The lowest BCUT2D eigenvalue weighted by molar-refractivity contribution is 0.221. The molecule has 0 aliphatic carbocycles. The number of pyridine rings is 1. The number of hydrogen-bond donors (Lipinski definition) is 1. The summed E-state index contributed by atoms with van der Waals surface area (Å²) in [5.41, 5.74) is 4.80. The molecule has 1 aromatic carbocycles. The Morgan fingerprint density at radius 3 is 2.81 bits per heavy atom. The Bertz CT molecular complexity index is 716. The average molecular weight is 356 g/mol. The van der Waals surface area contributed by atoms with E-state index < -0.39 is 0 Å². The zero-order chi connectivity index (χ0) is 18.4. The second-order valence-electron chi connectivity index (χ2n) is 7.41. The van der Waals surface area contributed by atoms with Crippen LogP contribution in [0, 0.1) is 12.7 Å². The molecule has 26 heavy (non-hydrogen) atoms. The first-order chi connectivity index (χ1) is 12.7. The van der Waals surface area contributed by atoms with Crippen LogP contribution in [-0.2, 0) is 19.5 Å². The number of rotatable bonds is 8. The van der Waals surface area contributed by atoms with Gasteiger partial charge in [0.25, 0.3) is 0 Å². The van der Waals surface area contributed by atoms with E-state index in [4.69, 9.17) is 0 Å². The summed E-state index contributed by atoms with van der Waals surface area (Å²) in [4.78, 5) is 6.82. The van der Waals surface area contributed by atoms with Crippen LogP contribution in [0.5, 0.6) is 0 Å². The Kier molecular flexibility index (Phi) is 6.75. The fourth-order valence-corrected chi connectivity index (χ4v) is 3.73. The number of aromatic nitrogens is 1. The minimum Gasteiger partial charge on any atom is -0.308 e. The van der Waals surface area contributed by atoms with Crippen molar-refractivity contribution in [1.82, 2.24) is 15.2 Å². The summed E-state index contributed by atoms with van der Waals surface area (Å²) in [7, 11) is 0. The van der Waals surface area contributed by atoms with E-state index in [0.717, 1.165) is 43.9 Å². The quantitative estimate of drug-likeness (QED) is 0.718. The molecule has 3 rings (SSSR count). The summed E-state index contributed by atoms with van der Waals surface area (Å²) in [5, 5.41) is 3.68. The van der Waals surface area contributed by atoms with Gasteiger partial charge < -0.3 is 5.32 Å². The van der Waals surface area contributed by atoms with E-state index in [0.29, 0.717) is 6.04 Å². The van der Waals surface area contributed by atoms with Crippen molar-refractivity contribution in [3.8, 4) is 0 Å². The third-order valence-corrected chi connectivity index (χ3v) is 5.25. The van der Waals surface area contributed by atoms with Crippen LogP contribution in [0.2, 0.25) is 0 Å². The molecule has 1 aromatic heterocycles. The topological polar surface area (TPSA) is 28.2 Å². The summed E-state index contributed by atoms with van der Waals surface area (Å²) in [5.74, 6) is -0.255. The van der Waals surface area contributed by atoms with Crippen molar-refractivity contribution < 1.29 is 4.39 Å². The zero-order valence-electron chi connectivity index (χ0n) is 16.0. The number of aryl methyl sites for hydroxylation is 1. The zero-order valence-corrected chi connectivity index (χ0v) is 16.0. The maximum absolute atomic E-state index is 13.4. The van der Waals surface area contributed by atoms with Gasteiger partial charge in [-0.2, -0.15) is 0 Å². The lowest BCUT2D eigenvalue weighted by Gasteiger charge is -2.32. The predicted molar refractivity (Wildman–Crippen MR) is 105 cm³/mol. The fourth-order valence-electron chi connectivity index (χ4n) is 3.73. The number of benzene rings is 1. The molecule has 1 N–H and O–H groups in total. The van der Waals surface area contributed by atoms with E-state index in [2.05, 4.69) is 46.4 Å². The monoisotopic (exact) mass is 355 g/mol. The molecule has 1 aliphatic heterocycles. The molecule has 0 spiro atoms. The van der Waals surface area contributed by atoms with Gasteiger partial charge in [-0.3, -0.25) is 9.88 Å². The number of fused-ring (bicyclic) bond motifs is 1. The summed E-state index contributed by atoms with van der Waals surface area (Å²) in [6.07, 6.45) is 6.06. The maximum atomic E-state index is 13.4. The Balaban J connectivity index is 1.66. The van der Waals surface area contributed by atoms with E-state index in [-0.39, 0.29) is 5.82 Å². The Labute approximate surface area is 156 Å². The minimum atomic E-state index is -0.255. The van der Waals surface area contributed by atoms with Crippen LogP contribution in [0.25, 0.3) is 0 Å². The van der Waals surface area contributed by atoms with Crippen molar-refractivity contribution in [3.05, 3.63) is 64.7 Å². The van der Waals surface area contributed by atoms with Crippen molar-refractivity contribution in [2.45, 2.75) is 58.7 Å². The Hall–Kier alpha value is -1.78. The Morgan fingerprint density at radius 1 is 1.23 bits per heavy atom. The molecule has 0 unspecified atom stereocenters. The number of hydrogen-bond acceptors (Lipinski definition) is 3. The largest absolute Gasteiger partial charge is 0.308 e. The standard InChI is InChI=1S/C22H30FN3/c1-3-4-7-10-26(16-22-17(2)11-20(23)14-25-22)15-21-12-18-8-5-6-9-19(18)13-24-21/h5-6,8-9,11,14,21,24H,3-4,7,10,12-13,15-16H2,1-2H3/t21-/m1/s1. The summed E-state index contributed by atoms with van der Waals surface area (Å²) < 4.78 is 13.4. The summed E-state index contributed by atoms with van der Waals surface area (Å²) in [6.45, 7) is 7.97. The molecular formula is C22H30FN3. The molecule has 0 saturated heterocycles. The van der Waals surface area contributed by atoms with Gasteiger partial charge >= 0.3 is 0 Å². The van der Waals surface area contributed by atoms with Gasteiger partial charge in [-0.15, -0.1) is 0 Å². The van der Waals surface area contributed by atoms with Crippen LogP contribution in [0.15, 0.2) is 36.5 Å². The lowest BCUT2D eigenvalue weighted by atomic mass is 9.95. The highest BCUT2D eigenvalue weighted by molar-refractivity contribution is 5.30. The lowest BCUT2D eigenvalue weighted by Crippen LogP contribution is -2.44. The fraction of sp³-hybridized carbons (Fsp3) is 0.500. The smallest absolute Gasteiger partial charge is 0.141 e. The molecule has 0 fully saturated rings. The molecule has 3 nitrogen and oxygen atoms in total. The molecule has 140 valence electrons. The van der Waals surface area contributed by atoms with Gasteiger partial charge in [-0.1, -0.05) is 44.0 Å². The van der Waals surface area contributed by atoms with E-state index in [9.17, 15) is 4.39 Å². The molecular weight excluding hydrogens is 325 g/mol. The van der Waals surface area contributed by atoms with E-state index in [1.165, 1.54) is 36.6 Å². The molecule has 0 amide bonds. The van der Waals surface area contributed by atoms with Gasteiger partial charge in [-0.05, 0) is 49.1 Å². The first kappa shape index (κ1) is 19.0. The van der Waals surface area contributed by atoms with Crippen LogP contribution >= 0.6 is 0 Å². The molecule has 1 aliphatic rings. The highest BCUT2D eigenvalue weighted by Gasteiger charge is 2.20. The maximum Gasteiger partial charge on any atom is 0.141 e. The van der Waals surface area contributed by atoms with Gasteiger partial charge in [0.1, 0.15) is 5.82 Å². The SMILES string of the molecule is CCCCCN(Cc1ncc(F)cc1C)C[C@H]1Cc2ccccc2CN1. The van der Waals surface area contributed by atoms with E-state index in [1.807, 2.05) is 6.92 Å². The van der Waals surface area contributed by atoms with Gasteiger partial charge in [-0.25, -0.2) is 4.39 Å². The first-order valence-electron chi connectivity index (χ1n) is 9.79. The summed E-state index contributed by atoms with van der Waals surface area (Å²) >= 11 is 0. The average Bonchev–Trinajstić information content (AvgIpc) is 2.64. The molecule has 0 bridgehead atoms. The van der Waals surface area contributed by atoms with E-state index in [1.54, 1.807) is 6.07 Å². The number of unbranched alkanes of at least 4 members (excludes halogenated alkanes) is 2. The number of nitrogens with one attached hydrogen (secondary N) is 1. The molecule has 0 radical (unpaired) electrons. The highest BCUT2D eigenvalue weighted by Crippen LogP contribution is 2.18. The number of nitrogens with zero attached hydrogens (tertiary/aromatic N) is 2. The summed E-state index contributed by atoms with van der Waals surface area (Å²) in [6, 6.07) is 10.7. The van der Waals surface area contributed by atoms with Crippen LogP contribution in [0.4, 0.5) is 4.39 Å². The predicted octanol–water partition coefficient (Wildman–Crippen LogP) is 4.24. The van der Waals surface area contributed by atoms with Gasteiger partial charge in [0, 0.05) is 25.7 Å². The van der Waals surface area contributed by atoms with Crippen LogP contribution in [0.3, 0.4) is 0 Å². The van der Waals surface area contributed by atoms with Gasteiger partial charge in [0.15, 0.2) is 0 Å². The van der Waals surface area contributed by atoms with Crippen molar-refractivity contribution in [3.63, 3.8) is 0 Å². The minimum absolute atomic E-state index is 0.255. The van der Waals surface area contributed by atoms with Crippen LogP contribution in [0.1, 0.15) is 48.6 Å². The molecule has 2 aromatic rings. The van der Waals surface area contributed by atoms with Gasteiger partial charge in [0.2, 0.25) is 0 Å². The van der Waals surface area contributed by atoms with Crippen LogP contribution < -0.4 is 5.32 Å². The van der Waals surface area contributed by atoms with Crippen molar-refractivity contribution in [1.29, 1.82) is 0 Å². The number of halogens is 1. The van der Waals surface area contributed by atoms with Crippen molar-refractivity contribution in [2.24, 2.45) is 0 Å². The van der Waals surface area contributed by atoms with Crippen LogP contribution in [-0.4, -0.2) is 29.0 Å². The van der Waals surface area contributed by atoms with Gasteiger partial charge in [0.05, 0.1) is 11.9 Å². The third-order valence-electron chi connectivity index (χ3n) is 5.25. The molecule has 2 heterocycles. The van der Waals surface area contributed by atoms with E-state index >= 15 is 0 Å². The highest BCUT2D eigenvalue weighted by atomic mass is 19.1.